The fourth-order valence-corrected chi connectivity index (χ4v) is 4.72. The van der Waals surface area contributed by atoms with E-state index in [1.165, 1.54) is 36.0 Å². The van der Waals surface area contributed by atoms with E-state index in [2.05, 4.69) is 10.6 Å². The van der Waals surface area contributed by atoms with Gasteiger partial charge in [-0.25, -0.2) is 4.39 Å². The zero-order valence-electron chi connectivity index (χ0n) is 18.2. The SMILES string of the molecule is O=C(Nc1cccc(SC(C(=O)Nc2cccc(Cl)c2Cl)c2ccccc2)c1)c1ccc(F)cc1. The third kappa shape index (κ3) is 6.42. The molecule has 176 valence electrons. The molecule has 0 aliphatic carbocycles. The zero-order chi connectivity index (χ0) is 24.8. The van der Waals surface area contributed by atoms with E-state index < -0.39 is 11.1 Å². The summed E-state index contributed by atoms with van der Waals surface area (Å²) in [6, 6.07) is 26.9. The number of anilines is 2. The Balaban J connectivity index is 1.55. The number of hydrogen-bond donors (Lipinski definition) is 2. The summed E-state index contributed by atoms with van der Waals surface area (Å²) >= 11 is 13.7. The monoisotopic (exact) mass is 524 g/mol. The molecule has 0 spiro atoms. The highest BCUT2D eigenvalue weighted by molar-refractivity contribution is 8.00. The zero-order valence-corrected chi connectivity index (χ0v) is 20.5. The molecule has 0 aliphatic heterocycles. The largest absolute Gasteiger partial charge is 0.323 e. The van der Waals surface area contributed by atoms with E-state index in [-0.39, 0.29) is 16.8 Å². The van der Waals surface area contributed by atoms with Gasteiger partial charge in [-0.3, -0.25) is 9.59 Å². The Bertz CT molecular complexity index is 1350. The Morgan fingerprint density at radius 2 is 1.51 bits per heavy atom. The van der Waals surface area contributed by atoms with Gasteiger partial charge in [0.25, 0.3) is 5.91 Å². The predicted octanol–water partition coefficient (Wildman–Crippen LogP) is 7.86. The first-order valence-electron chi connectivity index (χ1n) is 10.5. The summed E-state index contributed by atoms with van der Waals surface area (Å²) in [6.45, 7) is 0. The van der Waals surface area contributed by atoms with Gasteiger partial charge in [0.2, 0.25) is 5.91 Å². The van der Waals surface area contributed by atoms with Crippen LogP contribution in [0.1, 0.15) is 21.2 Å². The lowest BCUT2D eigenvalue weighted by Gasteiger charge is -2.18. The molecular formula is C27H19Cl2FN2O2S. The second-order valence-electron chi connectivity index (χ2n) is 7.49. The highest BCUT2D eigenvalue weighted by atomic mass is 35.5. The van der Waals surface area contributed by atoms with E-state index in [9.17, 15) is 14.0 Å². The molecule has 0 aromatic heterocycles. The van der Waals surface area contributed by atoms with E-state index in [1.54, 1.807) is 36.4 Å². The minimum atomic E-state index is -0.603. The number of amides is 2. The minimum absolute atomic E-state index is 0.268. The lowest BCUT2D eigenvalue weighted by atomic mass is 10.1. The summed E-state index contributed by atoms with van der Waals surface area (Å²) in [4.78, 5) is 26.6. The van der Waals surface area contributed by atoms with Crippen LogP contribution >= 0.6 is 35.0 Å². The first-order valence-corrected chi connectivity index (χ1v) is 12.2. The Labute approximate surface area is 216 Å². The van der Waals surface area contributed by atoms with Crippen LogP contribution in [-0.4, -0.2) is 11.8 Å². The summed E-state index contributed by atoms with van der Waals surface area (Å²) in [5, 5.41) is 5.68. The molecule has 0 saturated heterocycles. The van der Waals surface area contributed by atoms with Crippen LogP contribution in [-0.2, 0) is 4.79 Å². The van der Waals surface area contributed by atoms with Crippen molar-refractivity contribution in [1.29, 1.82) is 0 Å². The van der Waals surface area contributed by atoms with Gasteiger partial charge in [0.1, 0.15) is 11.1 Å². The molecule has 35 heavy (non-hydrogen) atoms. The fraction of sp³-hybridized carbons (Fsp3) is 0.0370. The number of halogens is 3. The molecule has 4 aromatic rings. The van der Waals surface area contributed by atoms with E-state index in [0.717, 1.165) is 10.5 Å². The summed E-state index contributed by atoms with van der Waals surface area (Å²) in [5.41, 5.74) is 2.11. The second kappa shape index (κ2) is 11.4. The number of carbonyl (C=O) groups excluding carboxylic acids is 2. The summed E-state index contributed by atoms with van der Waals surface area (Å²) in [6.07, 6.45) is 0. The molecule has 1 unspecified atom stereocenters. The quantitative estimate of drug-likeness (QED) is 0.242. The average Bonchev–Trinajstić information content (AvgIpc) is 2.86. The van der Waals surface area contributed by atoms with Gasteiger partial charge in [0, 0.05) is 16.1 Å². The molecule has 1 atom stereocenters. The standard InChI is InChI=1S/C27H19Cl2FN2O2S/c28-22-10-5-11-23(24(22)29)32-27(34)25(17-6-2-1-3-7-17)35-21-9-4-8-20(16-21)31-26(33)18-12-14-19(30)15-13-18/h1-16,25H,(H,31,33)(H,32,34). The lowest BCUT2D eigenvalue weighted by Crippen LogP contribution is -2.19. The van der Waals surface area contributed by atoms with Crippen molar-refractivity contribution in [3.63, 3.8) is 0 Å². The van der Waals surface area contributed by atoms with Gasteiger partial charge in [-0.2, -0.15) is 0 Å². The Morgan fingerprint density at radius 1 is 0.800 bits per heavy atom. The van der Waals surface area contributed by atoms with E-state index in [4.69, 9.17) is 23.2 Å². The van der Waals surface area contributed by atoms with Gasteiger partial charge in [-0.15, -0.1) is 11.8 Å². The van der Waals surface area contributed by atoms with Gasteiger partial charge in [-0.05, 0) is 60.2 Å². The second-order valence-corrected chi connectivity index (χ2v) is 9.45. The van der Waals surface area contributed by atoms with E-state index in [1.807, 2.05) is 36.4 Å². The van der Waals surface area contributed by atoms with Crippen LogP contribution in [0.3, 0.4) is 0 Å². The van der Waals surface area contributed by atoms with Gasteiger partial charge in [0.05, 0.1) is 15.7 Å². The van der Waals surface area contributed by atoms with Crippen LogP contribution in [0.5, 0.6) is 0 Å². The van der Waals surface area contributed by atoms with Crippen molar-refractivity contribution in [2.24, 2.45) is 0 Å². The predicted molar refractivity (Wildman–Crippen MR) is 141 cm³/mol. The van der Waals surface area contributed by atoms with Crippen molar-refractivity contribution in [2.45, 2.75) is 10.1 Å². The van der Waals surface area contributed by atoms with Gasteiger partial charge in [-0.1, -0.05) is 65.7 Å². The minimum Gasteiger partial charge on any atom is -0.323 e. The highest BCUT2D eigenvalue weighted by Crippen LogP contribution is 2.38. The molecule has 0 fully saturated rings. The van der Waals surface area contributed by atoms with Crippen LogP contribution in [0.4, 0.5) is 15.8 Å². The maximum Gasteiger partial charge on any atom is 0.255 e. The van der Waals surface area contributed by atoms with Crippen molar-refractivity contribution in [3.05, 3.63) is 124 Å². The molecule has 2 amide bonds. The first kappa shape index (κ1) is 24.8. The van der Waals surface area contributed by atoms with Gasteiger partial charge in [0.15, 0.2) is 0 Å². The van der Waals surface area contributed by atoms with Gasteiger partial charge < -0.3 is 10.6 Å². The summed E-state index contributed by atoms with van der Waals surface area (Å²) in [5.74, 6) is -1.05. The van der Waals surface area contributed by atoms with Crippen molar-refractivity contribution in [1.82, 2.24) is 0 Å². The molecule has 4 nitrogen and oxygen atoms in total. The Hall–Kier alpha value is -3.32. The van der Waals surface area contributed by atoms with Gasteiger partial charge >= 0.3 is 0 Å². The number of nitrogens with one attached hydrogen (secondary N) is 2. The maximum atomic E-state index is 13.3. The molecule has 0 heterocycles. The van der Waals surface area contributed by atoms with Crippen LogP contribution in [0.2, 0.25) is 10.0 Å². The smallest absolute Gasteiger partial charge is 0.255 e. The average molecular weight is 525 g/mol. The Morgan fingerprint density at radius 3 is 2.26 bits per heavy atom. The summed E-state index contributed by atoms with van der Waals surface area (Å²) < 4.78 is 13.2. The molecule has 8 heteroatoms. The topological polar surface area (TPSA) is 58.2 Å². The van der Waals surface area contributed by atoms with Crippen molar-refractivity contribution in [2.75, 3.05) is 10.6 Å². The van der Waals surface area contributed by atoms with Crippen molar-refractivity contribution < 1.29 is 14.0 Å². The molecule has 4 aromatic carbocycles. The fourth-order valence-electron chi connectivity index (χ4n) is 3.29. The molecule has 2 N–H and O–H groups in total. The van der Waals surface area contributed by atoms with Crippen LogP contribution in [0.25, 0.3) is 0 Å². The van der Waals surface area contributed by atoms with Crippen molar-refractivity contribution >= 4 is 58.2 Å². The first-order chi connectivity index (χ1) is 16.9. The molecule has 0 saturated carbocycles. The Kier molecular flexibility index (Phi) is 8.08. The molecule has 0 aliphatic rings. The van der Waals surface area contributed by atoms with Crippen LogP contribution in [0.15, 0.2) is 102 Å². The summed E-state index contributed by atoms with van der Waals surface area (Å²) in [7, 11) is 0. The normalized spacial score (nSPS) is 11.5. The number of carbonyl (C=O) groups is 2. The molecule has 4 rings (SSSR count). The maximum absolute atomic E-state index is 13.3. The number of benzene rings is 4. The third-order valence-electron chi connectivity index (χ3n) is 5.00. The third-order valence-corrected chi connectivity index (χ3v) is 7.07. The number of thioether (sulfide) groups is 1. The number of rotatable bonds is 7. The van der Waals surface area contributed by atoms with Crippen LogP contribution < -0.4 is 10.6 Å². The molecule has 0 bridgehead atoms. The number of hydrogen-bond acceptors (Lipinski definition) is 3. The highest BCUT2D eigenvalue weighted by Gasteiger charge is 2.23. The molecular weight excluding hydrogens is 506 g/mol. The lowest BCUT2D eigenvalue weighted by molar-refractivity contribution is -0.115. The van der Waals surface area contributed by atoms with E-state index >= 15 is 0 Å². The van der Waals surface area contributed by atoms with Crippen molar-refractivity contribution in [3.8, 4) is 0 Å². The van der Waals surface area contributed by atoms with E-state index in [0.29, 0.717) is 22.0 Å². The molecule has 0 radical (unpaired) electrons. The van der Waals surface area contributed by atoms with Crippen LogP contribution in [0, 0.1) is 5.82 Å².